The fraction of sp³-hybridized carbons (Fsp3) is 0.429. The van der Waals surface area contributed by atoms with Gasteiger partial charge in [-0.1, -0.05) is 17.4 Å². The number of methoxy groups -OCH3 is 2. The molecule has 0 saturated heterocycles. The second-order valence-corrected chi connectivity index (χ2v) is 7.45. The molecule has 1 aromatic carbocycles. The zero-order chi connectivity index (χ0) is 20.6. The second-order valence-electron chi connectivity index (χ2n) is 6.51. The summed E-state index contributed by atoms with van der Waals surface area (Å²) >= 11 is 1.62. The molecule has 156 valence electrons. The Bertz CT molecular complexity index is 904. The van der Waals surface area contributed by atoms with E-state index in [9.17, 15) is 0 Å². The van der Waals surface area contributed by atoms with Crippen LogP contribution in [0.1, 0.15) is 25.1 Å². The molecule has 3 rings (SSSR count). The van der Waals surface area contributed by atoms with E-state index in [1.54, 1.807) is 25.6 Å². The normalized spacial score (nSPS) is 10.9. The summed E-state index contributed by atoms with van der Waals surface area (Å²) in [5, 5.41) is 14.1. The first-order valence-corrected chi connectivity index (χ1v) is 10.7. The number of rotatable bonds is 11. The topological polar surface area (TPSA) is 64.4 Å². The highest BCUT2D eigenvalue weighted by atomic mass is 32.1. The van der Waals surface area contributed by atoms with Crippen molar-refractivity contribution in [1.82, 2.24) is 20.1 Å². The molecule has 0 bridgehead atoms. The number of hydrogen-bond donors (Lipinski definition) is 1. The molecule has 0 aliphatic carbocycles. The van der Waals surface area contributed by atoms with Gasteiger partial charge in [0.15, 0.2) is 0 Å². The maximum Gasteiger partial charge on any atom is 0.218 e. The average Bonchev–Trinajstić information content (AvgIpc) is 3.41. The second kappa shape index (κ2) is 10.3. The van der Waals surface area contributed by atoms with E-state index < -0.39 is 0 Å². The van der Waals surface area contributed by atoms with Crippen molar-refractivity contribution in [3.05, 3.63) is 47.8 Å². The summed E-state index contributed by atoms with van der Waals surface area (Å²) in [5.74, 6) is 1.66. The number of nitrogens with one attached hydrogen (secondary N) is 1. The first kappa shape index (κ1) is 21.1. The molecule has 8 heteroatoms. The van der Waals surface area contributed by atoms with Gasteiger partial charge in [-0.2, -0.15) is 0 Å². The van der Waals surface area contributed by atoms with Gasteiger partial charge in [-0.25, -0.2) is 0 Å². The summed E-state index contributed by atoms with van der Waals surface area (Å²) in [7, 11) is 3.35. The fourth-order valence-corrected chi connectivity index (χ4v) is 4.16. The summed E-state index contributed by atoms with van der Waals surface area (Å²) in [6, 6.07) is 10.1. The standard InChI is InChI=1S/C21H29N5O2S/c1-5-25(6-2)20-23-24-21(29-20)26-13-7-8-17(26)15-22-12-11-16-9-10-18(27-3)14-19(16)28-4/h7-10,13-14,22H,5-6,11-12,15H2,1-4H3. The minimum atomic E-state index is 0.756. The molecule has 7 nitrogen and oxygen atoms in total. The molecule has 2 aromatic heterocycles. The van der Waals surface area contributed by atoms with Crippen molar-refractivity contribution in [2.24, 2.45) is 0 Å². The minimum Gasteiger partial charge on any atom is -0.497 e. The van der Waals surface area contributed by atoms with E-state index >= 15 is 0 Å². The highest BCUT2D eigenvalue weighted by Gasteiger charge is 2.13. The van der Waals surface area contributed by atoms with Crippen LogP contribution in [0.5, 0.6) is 11.5 Å². The zero-order valence-electron chi connectivity index (χ0n) is 17.5. The molecule has 0 atom stereocenters. The monoisotopic (exact) mass is 415 g/mol. The number of ether oxygens (including phenoxy) is 2. The van der Waals surface area contributed by atoms with Crippen molar-refractivity contribution in [2.45, 2.75) is 26.8 Å². The lowest BCUT2D eigenvalue weighted by molar-refractivity contribution is 0.390. The molecule has 2 heterocycles. The summed E-state index contributed by atoms with van der Waals surface area (Å²) in [6.07, 6.45) is 2.91. The maximum absolute atomic E-state index is 5.48. The van der Waals surface area contributed by atoms with Gasteiger partial charge >= 0.3 is 0 Å². The van der Waals surface area contributed by atoms with Crippen molar-refractivity contribution in [3.8, 4) is 16.6 Å². The van der Waals surface area contributed by atoms with Gasteiger partial charge in [0.2, 0.25) is 10.3 Å². The molecular formula is C21H29N5O2S. The van der Waals surface area contributed by atoms with E-state index in [0.29, 0.717) is 0 Å². The summed E-state index contributed by atoms with van der Waals surface area (Å²) in [5.41, 5.74) is 2.32. The third kappa shape index (κ3) is 5.07. The van der Waals surface area contributed by atoms with Crippen LogP contribution in [0.3, 0.4) is 0 Å². The van der Waals surface area contributed by atoms with E-state index in [1.807, 2.05) is 24.4 Å². The van der Waals surface area contributed by atoms with Crippen molar-refractivity contribution in [2.75, 3.05) is 38.8 Å². The summed E-state index contributed by atoms with van der Waals surface area (Å²) in [4.78, 5) is 2.21. The fourth-order valence-electron chi connectivity index (χ4n) is 3.17. The highest BCUT2D eigenvalue weighted by molar-refractivity contribution is 7.17. The molecule has 0 unspecified atom stereocenters. The van der Waals surface area contributed by atoms with Crippen LogP contribution in [0.2, 0.25) is 0 Å². The first-order chi connectivity index (χ1) is 14.2. The Morgan fingerprint density at radius 3 is 2.66 bits per heavy atom. The Balaban J connectivity index is 1.59. The van der Waals surface area contributed by atoms with Gasteiger partial charge in [0.25, 0.3) is 0 Å². The summed E-state index contributed by atoms with van der Waals surface area (Å²) < 4.78 is 12.8. The lowest BCUT2D eigenvalue weighted by atomic mass is 10.1. The quantitative estimate of drug-likeness (QED) is 0.484. The molecule has 0 fully saturated rings. The highest BCUT2D eigenvalue weighted by Crippen LogP contribution is 2.25. The van der Waals surface area contributed by atoms with E-state index in [4.69, 9.17) is 9.47 Å². The Hall–Kier alpha value is -2.58. The molecular weight excluding hydrogens is 386 g/mol. The van der Waals surface area contributed by atoms with Crippen LogP contribution < -0.4 is 19.7 Å². The number of aromatic nitrogens is 3. The van der Waals surface area contributed by atoms with Crippen LogP contribution in [0, 0.1) is 0 Å². The van der Waals surface area contributed by atoms with Crippen LogP contribution in [-0.2, 0) is 13.0 Å². The number of anilines is 1. The number of benzene rings is 1. The van der Waals surface area contributed by atoms with E-state index in [2.05, 4.69) is 51.0 Å². The first-order valence-electron chi connectivity index (χ1n) is 9.86. The van der Waals surface area contributed by atoms with Crippen molar-refractivity contribution in [3.63, 3.8) is 0 Å². The smallest absolute Gasteiger partial charge is 0.218 e. The van der Waals surface area contributed by atoms with Crippen LogP contribution in [-0.4, -0.2) is 48.6 Å². The van der Waals surface area contributed by atoms with Gasteiger partial charge in [-0.3, -0.25) is 4.57 Å². The third-order valence-electron chi connectivity index (χ3n) is 4.85. The molecule has 0 amide bonds. The van der Waals surface area contributed by atoms with Gasteiger partial charge in [0.05, 0.1) is 14.2 Å². The van der Waals surface area contributed by atoms with E-state index in [-0.39, 0.29) is 0 Å². The van der Waals surface area contributed by atoms with Crippen molar-refractivity contribution in [1.29, 1.82) is 0 Å². The summed E-state index contributed by atoms with van der Waals surface area (Å²) in [6.45, 7) is 7.72. The molecule has 0 saturated carbocycles. The van der Waals surface area contributed by atoms with Crippen LogP contribution in [0.15, 0.2) is 36.5 Å². The Morgan fingerprint density at radius 2 is 1.93 bits per heavy atom. The molecule has 0 aliphatic rings. The molecule has 1 N–H and O–H groups in total. The lowest BCUT2D eigenvalue weighted by Crippen LogP contribution is -2.21. The Kier molecular flexibility index (Phi) is 7.48. The van der Waals surface area contributed by atoms with E-state index in [0.717, 1.165) is 65.6 Å². The molecule has 0 spiro atoms. The molecule has 29 heavy (non-hydrogen) atoms. The number of hydrogen-bond acceptors (Lipinski definition) is 7. The third-order valence-corrected chi connectivity index (χ3v) is 5.83. The van der Waals surface area contributed by atoms with Gasteiger partial charge in [-0.15, -0.1) is 10.2 Å². The van der Waals surface area contributed by atoms with Gasteiger partial charge in [-0.05, 0) is 50.6 Å². The van der Waals surface area contributed by atoms with Crippen molar-refractivity contribution < 1.29 is 9.47 Å². The van der Waals surface area contributed by atoms with Crippen LogP contribution in [0.4, 0.5) is 5.13 Å². The zero-order valence-corrected chi connectivity index (χ0v) is 18.3. The maximum atomic E-state index is 5.48. The molecule has 3 aromatic rings. The largest absolute Gasteiger partial charge is 0.497 e. The van der Waals surface area contributed by atoms with Crippen LogP contribution >= 0.6 is 11.3 Å². The van der Waals surface area contributed by atoms with Crippen molar-refractivity contribution >= 4 is 16.5 Å². The number of nitrogens with zero attached hydrogens (tertiary/aromatic N) is 4. The molecule has 0 aliphatic heterocycles. The van der Waals surface area contributed by atoms with Gasteiger partial charge in [0, 0.05) is 37.6 Å². The Labute approximate surface area is 176 Å². The van der Waals surface area contributed by atoms with Crippen LogP contribution in [0.25, 0.3) is 5.13 Å². The van der Waals surface area contributed by atoms with Gasteiger partial charge in [0.1, 0.15) is 11.5 Å². The minimum absolute atomic E-state index is 0.756. The van der Waals surface area contributed by atoms with E-state index in [1.165, 1.54) is 0 Å². The average molecular weight is 416 g/mol. The Morgan fingerprint density at radius 1 is 1.10 bits per heavy atom. The predicted octanol–water partition coefficient (Wildman–Crippen LogP) is 3.52. The lowest BCUT2D eigenvalue weighted by Gasteiger charge is -2.15. The van der Waals surface area contributed by atoms with Gasteiger partial charge < -0.3 is 19.7 Å². The SMILES string of the molecule is CCN(CC)c1nnc(-n2cccc2CNCCc2ccc(OC)cc2OC)s1. The predicted molar refractivity (Wildman–Crippen MR) is 118 cm³/mol. The molecule has 0 radical (unpaired) electrons.